The summed E-state index contributed by atoms with van der Waals surface area (Å²) in [5.41, 5.74) is 1.78. The topological polar surface area (TPSA) is 69.6 Å². The molecular weight excluding hydrogens is 194 g/mol. The molecule has 0 fully saturated rings. The summed E-state index contributed by atoms with van der Waals surface area (Å²) in [5.74, 6) is 0.186. The number of carboxylic acid groups (broad SMARTS) is 1. The maximum absolute atomic E-state index is 10.6. The van der Waals surface area contributed by atoms with Crippen molar-refractivity contribution >= 4 is 6.09 Å². The first-order chi connectivity index (χ1) is 7.18. The van der Waals surface area contributed by atoms with Gasteiger partial charge in [0, 0.05) is 5.56 Å². The largest absolute Gasteiger partial charge is 0.508 e. The van der Waals surface area contributed by atoms with Crippen LogP contribution in [0, 0.1) is 0 Å². The van der Waals surface area contributed by atoms with Crippen LogP contribution >= 0.6 is 0 Å². The zero-order chi connectivity index (χ0) is 10.8. The van der Waals surface area contributed by atoms with Crippen LogP contribution < -0.4 is 5.32 Å². The predicted molar refractivity (Wildman–Crippen MR) is 54.9 cm³/mol. The van der Waals surface area contributed by atoms with Gasteiger partial charge in [0.25, 0.3) is 0 Å². The van der Waals surface area contributed by atoms with Crippen LogP contribution in [0.4, 0.5) is 4.79 Å². The fraction of sp³-hybridized carbons (Fsp3) is 0.364. The van der Waals surface area contributed by atoms with Crippen LogP contribution in [-0.2, 0) is 6.42 Å². The van der Waals surface area contributed by atoms with Crippen molar-refractivity contribution in [3.05, 3.63) is 29.3 Å². The van der Waals surface area contributed by atoms with Crippen LogP contribution in [-0.4, -0.2) is 16.3 Å². The van der Waals surface area contributed by atoms with E-state index in [1.807, 2.05) is 6.07 Å². The van der Waals surface area contributed by atoms with E-state index >= 15 is 0 Å². The van der Waals surface area contributed by atoms with Crippen molar-refractivity contribution in [2.45, 2.75) is 25.3 Å². The van der Waals surface area contributed by atoms with Crippen LogP contribution in [0.25, 0.3) is 0 Å². The van der Waals surface area contributed by atoms with E-state index < -0.39 is 6.09 Å². The second-order valence-electron chi connectivity index (χ2n) is 3.74. The molecule has 1 amide bonds. The average molecular weight is 207 g/mol. The number of carbonyl (C=O) groups is 1. The van der Waals surface area contributed by atoms with Gasteiger partial charge in [-0.25, -0.2) is 4.79 Å². The Kier molecular flexibility index (Phi) is 2.49. The van der Waals surface area contributed by atoms with E-state index in [-0.39, 0.29) is 11.8 Å². The quantitative estimate of drug-likeness (QED) is 0.660. The van der Waals surface area contributed by atoms with Gasteiger partial charge in [-0.1, -0.05) is 12.1 Å². The van der Waals surface area contributed by atoms with Crippen molar-refractivity contribution in [1.82, 2.24) is 5.32 Å². The molecular formula is C11H13NO3. The Balaban J connectivity index is 2.36. The Labute approximate surface area is 87.6 Å². The number of benzene rings is 1. The van der Waals surface area contributed by atoms with Gasteiger partial charge in [-0.15, -0.1) is 0 Å². The van der Waals surface area contributed by atoms with Gasteiger partial charge >= 0.3 is 6.09 Å². The molecule has 0 radical (unpaired) electrons. The summed E-state index contributed by atoms with van der Waals surface area (Å²) in [4.78, 5) is 10.6. The van der Waals surface area contributed by atoms with Crippen molar-refractivity contribution in [2.24, 2.45) is 0 Å². The lowest BCUT2D eigenvalue weighted by atomic mass is 9.87. The molecule has 0 heterocycles. The summed E-state index contributed by atoms with van der Waals surface area (Å²) < 4.78 is 0. The molecule has 4 nitrogen and oxygen atoms in total. The lowest BCUT2D eigenvalue weighted by Gasteiger charge is -2.25. The zero-order valence-electron chi connectivity index (χ0n) is 8.23. The van der Waals surface area contributed by atoms with Gasteiger partial charge in [0.1, 0.15) is 5.75 Å². The number of fused-ring (bicyclic) bond motifs is 1. The number of hydrogen-bond donors (Lipinski definition) is 3. The van der Waals surface area contributed by atoms with Gasteiger partial charge in [0.2, 0.25) is 0 Å². The number of hydrogen-bond acceptors (Lipinski definition) is 2. The van der Waals surface area contributed by atoms with Crippen molar-refractivity contribution in [3.8, 4) is 5.75 Å². The van der Waals surface area contributed by atoms with E-state index in [0.717, 1.165) is 30.4 Å². The Hall–Kier alpha value is -1.71. The number of phenols is 1. The van der Waals surface area contributed by atoms with Crippen molar-refractivity contribution in [2.75, 3.05) is 0 Å². The molecule has 1 atom stereocenters. The van der Waals surface area contributed by atoms with Gasteiger partial charge < -0.3 is 15.5 Å². The highest BCUT2D eigenvalue weighted by molar-refractivity contribution is 5.66. The number of aromatic hydroxyl groups is 1. The van der Waals surface area contributed by atoms with Gasteiger partial charge in [0.15, 0.2) is 0 Å². The van der Waals surface area contributed by atoms with E-state index in [1.54, 1.807) is 12.1 Å². The average Bonchev–Trinajstić information content (AvgIpc) is 2.17. The molecule has 0 bridgehead atoms. The summed E-state index contributed by atoms with van der Waals surface area (Å²) in [6.45, 7) is 0. The van der Waals surface area contributed by atoms with E-state index in [2.05, 4.69) is 5.32 Å². The van der Waals surface area contributed by atoms with E-state index in [4.69, 9.17) is 5.11 Å². The minimum Gasteiger partial charge on any atom is -0.508 e. The summed E-state index contributed by atoms with van der Waals surface area (Å²) >= 11 is 0. The lowest BCUT2D eigenvalue weighted by Crippen LogP contribution is -2.29. The molecule has 1 aliphatic carbocycles. The molecule has 1 unspecified atom stereocenters. The number of aryl methyl sites for hydroxylation is 1. The van der Waals surface area contributed by atoms with Crippen LogP contribution in [0.5, 0.6) is 5.75 Å². The molecule has 0 spiro atoms. The molecule has 0 aromatic heterocycles. The second-order valence-corrected chi connectivity index (χ2v) is 3.74. The summed E-state index contributed by atoms with van der Waals surface area (Å²) in [5, 5.41) is 20.8. The molecule has 2 rings (SSSR count). The van der Waals surface area contributed by atoms with Gasteiger partial charge in [-0.3, -0.25) is 0 Å². The highest BCUT2D eigenvalue weighted by Gasteiger charge is 2.24. The first-order valence-electron chi connectivity index (χ1n) is 4.98. The molecule has 15 heavy (non-hydrogen) atoms. The molecule has 1 aromatic carbocycles. The minimum atomic E-state index is -1.05. The Morgan fingerprint density at radius 3 is 3.00 bits per heavy atom. The van der Waals surface area contributed by atoms with E-state index in [1.165, 1.54) is 0 Å². The number of nitrogens with one attached hydrogen (secondary N) is 1. The molecule has 80 valence electrons. The molecule has 3 N–H and O–H groups in total. The van der Waals surface area contributed by atoms with Gasteiger partial charge in [-0.05, 0) is 30.9 Å². The minimum absolute atomic E-state index is 0.186. The van der Waals surface area contributed by atoms with E-state index in [0.29, 0.717) is 0 Å². The normalized spacial score (nSPS) is 19.3. The zero-order valence-corrected chi connectivity index (χ0v) is 8.23. The first-order valence-corrected chi connectivity index (χ1v) is 4.98. The third-order valence-electron chi connectivity index (χ3n) is 2.76. The maximum atomic E-state index is 10.6. The van der Waals surface area contributed by atoms with Crippen molar-refractivity contribution < 1.29 is 15.0 Å². The summed E-state index contributed by atoms with van der Waals surface area (Å²) in [6.07, 6.45) is 1.55. The van der Waals surface area contributed by atoms with Crippen molar-refractivity contribution in [1.29, 1.82) is 0 Å². The number of phenolic OH excluding ortho intramolecular Hbond substituents is 1. The van der Waals surface area contributed by atoms with Crippen molar-refractivity contribution in [3.63, 3.8) is 0 Å². The smallest absolute Gasteiger partial charge is 0.405 e. The maximum Gasteiger partial charge on any atom is 0.405 e. The van der Waals surface area contributed by atoms with Crippen LogP contribution in [0.1, 0.15) is 30.0 Å². The van der Waals surface area contributed by atoms with E-state index in [9.17, 15) is 9.90 Å². The number of amides is 1. The lowest BCUT2D eigenvalue weighted by molar-refractivity contribution is 0.188. The second kappa shape index (κ2) is 3.81. The Morgan fingerprint density at radius 2 is 2.27 bits per heavy atom. The third-order valence-corrected chi connectivity index (χ3v) is 2.76. The molecule has 1 aromatic rings. The van der Waals surface area contributed by atoms with Crippen LogP contribution in [0.15, 0.2) is 18.2 Å². The molecule has 0 saturated carbocycles. The Bertz CT molecular complexity index is 389. The monoisotopic (exact) mass is 207 g/mol. The molecule has 0 aliphatic heterocycles. The summed E-state index contributed by atoms with van der Waals surface area (Å²) in [6, 6.07) is 5.05. The number of rotatable bonds is 1. The van der Waals surface area contributed by atoms with Gasteiger partial charge in [-0.2, -0.15) is 0 Å². The fourth-order valence-electron chi connectivity index (χ4n) is 2.15. The van der Waals surface area contributed by atoms with Gasteiger partial charge in [0.05, 0.1) is 6.04 Å². The van der Waals surface area contributed by atoms with Crippen LogP contribution in [0.3, 0.4) is 0 Å². The highest BCUT2D eigenvalue weighted by atomic mass is 16.4. The third kappa shape index (κ3) is 1.88. The van der Waals surface area contributed by atoms with Crippen LogP contribution in [0.2, 0.25) is 0 Å². The predicted octanol–water partition coefficient (Wildman–Crippen LogP) is 2.04. The Morgan fingerprint density at radius 1 is 1.47 bits per heavy atom. The molecule has 4 heteroatoms. The first kappa shape index (κ1) is 9.83. The highest BCUT2D eigenvalue weighted by Crippen LogP contribution is 2.35. The summed E-state index contributed by atoms with van der Waals surface area (Å²) in [7, 11) is 0. The SMILES string of the molecule is O=C(O)NC1CCCc2cccc(O)c21. The standard InChI is InChI=1S/C11H13NO3/c13-9-6-2-4-7-3-1-5-8(10(7)9)12-11(14)15/h2,4,6,8,12-13H,1,3,5H2,(H,14,15). The fourth-order valence-corrected chi connectivity index (χ4v) is 2.15. The molecule has 1 aliphatic rings. The molecule has 0 saturated heterocycles.